The van der Waals surface area contributed by atoms with E-state index in [4.69, 9.17) is 9.84 Å². The van der Waals surface area contributed by atoms with Crippen LogP contribution in [0.5, 0.6) is 11.5 Å². The Morgan fingerprint density at radius 1 is 1.17 bits per heavy atom. The van der Waals surface area contributed by atoms with Crippen LogP contribution in [0.1, 0.15) is 10.5 Å². The lowest BCUT2D eigenvalue weighted by molar-refractivity contribution is 0.0957. The maximum Gasteiger partial charge on any atom is 0.415 e. The van der Waals surface area contributed by atoms with Gasteiger partial charge < -0.3 is 15.2 Å². The first-order valence-corrected chi connectivity index (χ1v) is 6.79. The standard InChI is InChI=1S/C16H13N3O4/c1-17-15(20)13-9-12(4-6-18-13)23-11-2-3-14-10(8-11)5-7-19(14)16(21)22/h2-9H,1H3,(H,17,20)(H,21,22). The highest BCUT2D eigenvalue weighted by Crippen LogP contribution is 2.26. The largest absolute Gasteiger partial charge is 0.464 e. The van der Waals surface area contributed by atoms with Crippen molar-refractivity contribution in [1.29, 1.82) is 0 Å². The minimum absolute atomic E-state index is 0.253. The van der Waals surface area contributed by atoms with Gasteiger partial charge in [-0.2, -0.15) is 0 Å². The van der Waals surface area contributed by atoms with Crippen molar-refractivity contribution in [2.45, 2.75) is 0 Å². The molecule has 0 saturated carbocycles. The third-order valence-corrected chi connectivity index (χ3v) is 3.29. The van der Waals surface area contributed by atoms with Crippen LogP contribution in [0.3, 0.4) is 0 Å². The number of ether oxygens (including phenoxy) is 1. The monoisotopic (exact) mass is 311 g/mol. The number of benzene rings is 1. The van der Waals surface area contributed by atoms with Crippen molar-refractivity contribution in [2.75, 3.05) is 7.05 Å². The molecule has 23 heavy (non-hydrogen) atoms. The Morgan fingerprint density at radius 2 is 1.96 bits per heavy atom. The Labute approximate surface area is 131 Å². The summed E-state index contributed by atoms with van der Waals surface area (Å²) < 4.78 is 6.85. The number of hydrogen-bond acceptors (Lipinski definition) is 4. The van der Waals surface area contributed by atoms with E-state index in [-0.39, 0.29) is 11.6 Å². The maximum absolute atomic E-state index is 11.6. The minimum atomic E-state index is -1.04. The van der Waals surface area contributed by atoms with Gasteiger partial charge >= 0.3 is 6.09 Å². The zero-order valence-electron chi connectivity index (χ0n) is 12.2. The summed E-state index contributed by atoms with van der Waals surface area (Å²) in [6, 6.07) is 9.93. The number of carbonyl (C=O) groups excluding carboxylic acids is 1. The average Bonchev–Trinajstić information content (AvgIpc) is 2.97. The molecule has 7 heteroatoms. The van der Waals surface area contributed by atoms with Gasteiger partial charge in [0, 0.05) is 30.9 Å². The van der Waals surface area contributed by atoms with E-state index in [0.717, 1.165) is 9.95 Å². The molecule has 0 aliphatic carbocycles. The normalized spacial score (nSPS) is 10.5. The Bertz CT molecular complexity index is 901. The predicted molar refractivity (Wildman–Crippen MR) is 83.1 cm³/mol. The molecule has 0 spiro atoms. The summed E-state index contributed by atoms with van der Waals surface area (Å²) in [5.41, 5.74) is 0.828. The van der Waals surface area contributed by atoms with Crippen molar-refractivity contribution in [3.8, 4) is 11.5 Å². The highest BCUT2D eigenvalue weighted by atomic mass is 16.5. The number of carboxylic acid groups (broad SMARTS) is 1. The lowest BCUT2D eigenvalue weighted by atomic mass is 10.2. The van der Waals surface area contributed by atoms with Crippen molar-refractivity contribution in [3.63, 3.8) is 0 Å². The van der Waals surface area contributed by atoms with Gasteiger partial charge in [-0.25, -0.2) is 4.79 Å². The first-order valence-electron chi connectivity index (χ1n) is 6.79. The second-order valence-corrected chi connectivity index (χ2v) is 4.75. The van der Waals surface area contributed by atoms with Crippen LogP contribution in [-0.4, -0.2) is 33.7 Å². The molecule has 0 unspecified atom stereocenters. The number of pyridine rings is 1. The second-order valence-electron chi connectivity index (χ2n) is 4.75. The molecular weight excluding hydrogens is 298 g/mol. The summed E-state index contributed by atoms with van der Waals surface area (Å²) in [6.07, 6.45) is 1.92. The molecule has 3 rings (SSSR count). The quantitative estimate of drug-likeness (QED) is 0.775. The van der Waals surface area contributed by atoms with Crippen molar-refractivity contribution < 1.29 is 19.4 Å². The third kappa shape index (κ3) is 2.84. The van der Waals surface area contributed by atoms with Gasteiger partial charge in [0.15, 0.2) is 0 Å². The van der Waals surface area contributed by atoms with Crippen molar-refractivity contribution in [1.82, 2.24) is 14.9 Å². The molecule has 0 atom stereocenters. The van der Waals surface area contributed by atoms with Crippen molar-refractivity contribution in [3.05, 3.63) is 54.5 Å². The maximum atomic E-state index is 11.6. The van der Waals surface area contributed by atoms with Crippen LogP contribution in [0, 0.1) is 0 Å². The van der Waals surface area contributed by atoms with Crippen LogP contribution in [0.25, 0.3) is 10.9 Å². The SMILES string of the molecule is CNC(=O)c1cc(Oc2ccc3c(ccn3C(=O)O)c2)ccn1. The summed E-state index contributed by atoms with van der Waals surface area (Å²) >= 11 is 0. The highest BCUT2D eigenvalue weighted by Gasteiger charge is 2.09. The number of rotatable bonds is 3. The Morgan fingerprint density at radius 3 is 2.70 bits per heavy atom. The van der Waals surface area contributed by atoms with Gasteiger partial charge in [0.25, 0.3) is 5.91 Å². The summed E-state index contributed by atoms with van der Waals surface area (Å²) in [4.78, 5) is 26.6. The predicted octanol–water partition coefficient (Wildman–Crippen LogP) is 2.71. The number of amides is 1. The molecule has 2 heterocycles. The molecule has 7 nitrogen and oxygen atoms in total. The number of hydrogen-bond donors (Lipinski definition) is 2. The van der Waals surface area contributed by atoms with Gasteiger partial charge in [-0.15, -0.1) is 0 Å². The number of nitrogens with zero attached hydrogens (tertiary/aromatic N) is 2. The van der Waals surface area contributed by atoms with Gasteiger partial charge in [0.05, 0.1) is 5.52 Å². The van der Waals surface area contributed by atoms with Gasteiger partial charge in [-0.1, -0.05) is 0 Å². The zero-order valence-corrected chi connectivity index (χ0v) is 12.2. The van der Waals surface area contributed by atoms with E-state index in [2.05, 4.69) is 10.3 Å². The summed E-state index contributed by atoms with van der Waals surface area (Å²) in [7, 11) is 1.53. The fraction of sp³-hybridized carbons (Fsp3) is 0.0625. The van der Waals surface area contributed by atoms with E-state index < -0.39 is 6.09 Å². The van der Waals surface area contributed by atoms with E-state index >= 15 is 0 Å². The number of fused-ring (bicyclic) bond motifs is 1. The Kier molecular flexibility index (Phi) is 3.68. The van der Waals surface area contributed by atoms with Gasteiger partial charge in [-0.3, -0.25) is 14.3 Å². The molecule has 1 amide bonds. The molecule has 1 aromatic carbocycles. The first-order chi connectivity index (χ1) is 11.1. The average molecular weight is 311 g/mol. The van der Waals surface area contributed by atoms with Crippen LogP contribution in [0.15, 0.2) is 48.8 Å². The Balaban J connectivity index is 1.90. The van der Waals surface area contributed by atoms with E-state index in [1.165, 1.54) is 25.5 Å². The topological polar surface area (TPSA) is 93.5 Å². The van der Waals surface area contributed by atoms with Gasteiger partial charge in [0.2, 0.25) is 0 Å². The molecule has 0 saturated heterocycles. The second kappa shape index (κ2) is 5.80. The number of nitrogens with one attached hydrogen (secondary N) is 1. The summed E-state index contributed by atoms with van der Waals surface area (Å²) in [5, 5.41) is 12.3. The molecule has 116 valence electrons. The third-order valence-electron chi connectivity index (χ3n) is 3.29. The molecule has 2 N–H and O–H groups in total. The van der Waals surface area contributed by atoms with E-state index in [1.54, 1.807) is 30.3 Å². The van der Waals surface area contributed by atoms with Crippen LogP contribution in [0.4, 0.5) is 4.79 Å². The fourth-order valence-electron chi connectivity index (χ4n) is 2.21. The van der Waals surface area contributed by atoms with Gasteiger partial charge in [-0.05, 0) is 30.3 Å². The van der Waals surface area contributed by atoms with E-state index in [0.29, 0.717) is 17.0 Å². The summed E-state index contributed by atoms with van der Waals surface area (Å²) in [6.45, 7) is 0. The number of aromatic nitrogens is 2. The number of carbonyl (C=O) groups is 2. The molecule has 2 aromatic heterocycles. The smallest absolute Gasteiger partial charge is 0.415 e. The molecular formula is C16H13N3O4. The fourth-order valence-corrected chi connectivity index (χ4v) is 2.21. The van der Waals surface area contributed by atoms with Crippen molar-refractivity contribution >= 4 is 22.9 Å². The zero-order chi connectivity index (χ0) is 16.4. The first kappa shape index (κ1) is 14.6. The molecule has 0 aliphatic heterocycles. The summed E-state index contributed by atoms with van der Waals surface area (Å²) in [5.74, 6) is 0.703. The van der Waals surface area contributed by atoms with E-state index in [1.807, 2.05) is 0 Å². The lowest BCUT2D eigenvalue weighted by Crippen LogP contribution is -2.18. The van der Waals surface area contributed by atoms with Crippen LogP contribution in [0.2, 0.25) is 0 Å². The molecule has 3 aromatic rings. The van der Waals surface area contributed by atoms with Gasteiger partial charge in [0.1, 0.15) is 17.2 Å². The van der Waals surface area contributed by atoms with Crippen LogP contribution < -0.4 is 10.1 Å². The van der Waals surface area contributed by atoms with Crippen LogP contribution in [-0.2, 0) is 0 Å². The van der Waals surface area contributed by atoms with Crippen molar-refractivity contribution in [2.24, 2.45) is 0 Å². The highest BCUT2D eigenvalue weighted by molar-refractivity contribution is 5.92. The lowest BCUT2D eigenvalue weighted by Gasteiger charge is -2.07. The van der Waals surface area contributed by atoms with Crippen LogP contribution >= 0.6 is 0 Å². The molecule has 0 bridgehead atoms. The van der Waals surface area contributed by atoms with E-state index in [9.17, 15) is 9.59 Å². The molecule has 0 fully saturated rings. The minimum Gasteiger partial charge on any atom is -0.464 e. The Hall–Kier alpha value is -3.35. The molecule has 0 aliphatic rings. The molecule has 0 radical (unpaired) electrons.